The van der Waals surface area contributed by atoms with Crippen LogP contribution in [-0.2, 0) is 25.6 Å². The van der Waals surface area contributed by atoms with Crippen LogP contribution < -0.4 is 31.3 Å². The molecule has 3 rings (SSSR count). The Kier molecular flexibility index (Phi) is 15.4. The lowest BCUT2D eigenvalue weighted by atomic mass is 10.0. The molecule has 0 bridgehead atoms. The lowest BCUT2D eigenvalue weighted by molar-refractivity contribution is -0.133. The van der Waals surface area contributed by atoms with Crippen LogP contribution in [0.4, 0.5) is 0 Å². The molecule has 1 aliphatic rings. The lowest BCUT2D eigenvalue weighted by Crippen LogP contribution is -2.58. The van der Waals surface area contributed by atoms with Gasteiger partial charge >= 0.3 is 0 Å². The minimum absolute atomic E-state index is 0.00480. The van der Waals surface area contributed by atoms with E-state index in [1.54, 1.807) is 24.3 Å². The summed E-state index contributed by atoms with van der Waals surface area (Å²) in [5.41, 5.74) is 1.10. The number of ether oxygens (including phenoxy) is 1. The molecular formula is C36H51N5O7. The van der Waals surface area contributed by atoms with Gasteiger partial charge in [0.1, 0.15) is 30.5 Å². The van der Waals surface area contributed by atoms with Crippen molar-refractivity contribution in [3.8, 4) is 5.75 Å². The molecule has 2 aromatic carbocycles. The summed E-state index contributed by atoms with van der Waals surface area (Å²) < 4.78 is 6.10. The minimum atomic E-state index is -1.34. The molecule has 0 aromatic heterocycles. The molecule has 0 fully saturated rings. The predicted molar refractivity (Wildman–Crippen MR) is 182 cm³/mol. The number of para-hydroxylation sites is 1. The molecule has 0 aliphatic carbocycles. The Morgan fingerprint density at radius 1 is 0.812 bits per heavy atom. The maximum atomic E-state index is 13.9. The second-order valence-electron chi connectivity index (χ2n) is 13.1. The molecular weight excluding hydrogens is 614 g/mol. The predicted octanol–water partition coefficient (Wildman–Crippen LogP) is 2.25. The normalized spacial score (nSPS) is 21.0. The first kappa shape index (κ1) is 38.0. The van der Waals surface area contributed by atoms with Crippen molar-refractivity contribution in [3.63, 3.8) is 0 Å². The fourth-order valence-electron chi connectivity index (χ4n) is 5.41. The highest BCUT2D eigenvalue weighted by molar-refractivity contribution is 6.00. The van der Waals surface area contributed by atoms with Gasteiger partial charge in [0, 0.05) is 13.0 Å². The lowest BCUT2D eigenvalue weighted by Gasteiger charge is -2.28. The minimum Gasteiger partial charge on any atom is -0.491 e. The highest BCUT2D eigenvalue weighted by Gasteiger charge is 2.31. The molecule has 12 heteroatoms. The number of unbranched alkanes of at least 4 members (excludes halogenated alkanes) is 1. The standard InChI is InChI=1S/C36H51N5O7/c1-23(2)18-29-35(46)39-28(15-10-11-17-37-32(43)19-24(3)4)34(45)38-26(20-25-12-6-5-7-13-25)22-48-31-16-9-8-14-27(31)33(44)41-30(21-42)36(47)40-29/h5-9,12-14,16,23-24,26,28-30,42H,10-11,15,17-22H2,1-4H3,(H,37,43)(H,38,45)(H,39,46)(H,40,47)(H,41,44)/t26-,28-,29-,30-/m0/s1. The zero-order valence-electron chi connectivity index (χ0n) is 28.4. The summed E-state index contributed by atoms with van der Waals surface area (Å²) in [4.78, 5) is 66.2. The molecule has 4 atom stereocenters. The number of fused-ring (bicyclic) bond motifs is 1. The maximum Gasteiger partial charge on any atom is 0.255 e. The molecule has 6 N–H and O–H groups in total. The Balaban J connectivity index is 1.92. The largest absolute Gasteiger partial charge is 0.491 e. The number of hydrogen-bond acceptors (Lipinski definition) is 7. The molecule has 0 spiro atoms. The van der Waals surface area contributed by atoms with Crippen molar-refractivity contribution in [2.24, 2.45) is 11.8 Å². The fourth-order valence-corrected chi connectivity index (χ4v) is 5.41. The average Bonchev–Trinajstić information content (AvgIpc) is 3.04. The zero-order valence-corrected chi connectivity index (χ0v) is 28.4. The molecule has 2 aromatic rings. The fraction of sp³-hybridized carbons (Fsp3) is 0.528. The summed E-state index contributed by atoms with van der Waals surface area (Å²) in [5, 5.41) is 24.1. The summed E-state index contributed by atoms with van der Waals surface area (Å²) in [6.07, 6.45) is 2.53. The Hall–Kier alpha value is -4.45. The van der Waals surface area contributed by atoms with E-state index in [1.165, 1.54) is 0 Å². The van der Waals surface area contributed by atoms with Crippen molar-refractivity contribution in [3.05, 3.63) is 65.7 Å². The van der Waals surface area contributed by atoms with Crippen molar-refractivity contribution >= 4 is 29.5 Å². The van der Waals surface area contributed by atoms with Gasteiger partial charge in [-0.2, -0.15) is 0 Å². The van der Waals surface area contributed by atoms with Crippen LogP contribution in [0, 0.1) is 11.8 Å². The monoisotopic (exact) mass is 665 g/mol. The molecule has 0 saturated carbocycles. The number of nitrogens with one attached hydrogen (secondary N) is 5. The molecule has 0 radical (unpaired) electrons. The van der Waals surface area contributed by atoms with Crippen molar-refractivity contribution in [1.82, 2.24) is 26.6 Å². The van der Waals surface area contributed by atoms with Crippen molar-refractivity contribution in [2.45, 2.75) is 90.4 Å². The van der Waals surface area contributed by atoms with Gasteiger partial charge in [-0.3, -0.25) is 24.0 Å². The third kappa shape index (κ3) is 12.6. The molecule has 0 saturated heterocycles. The second kappa shape index (κ2) is 19.4. The van der Waals surface area contributed by atoms with Gasteiger partial charge in [0.2, 0.25) is 23.6 Å². The van der Waals surface area contributed by atoms with E-state index in [1.807, 2.05) is 58.0 Å². The highest BCUT2D eigenvalue weighted by Crippen LogP contribution is 2.19. The highest BCUT2D eigenvalue weighted by atomic mass is 16.5. The van der Waals surface area contributed by atoms with Crippen LogP contribution in [0.2, 0.25) is 0 Å². The van der Waals surface area contributed by atoms with E-state index in [0.29, 0.717) is 32.2 Å². The van der Waals surface area contributed by atoms with Gasteiger partial charge in [-0.05, 0) is 61.6 Å². The SMILES string of the molecule is CC(C)CC(=O)NCCCC[C@@H]1NC(=O)[C@H](CC(C)C)NC(=O)[C@H](CO)NC(=O)c2ccccc2OC[C@H](Cc2ccccc2)NC1=O. The molecule has 1 aliphatic heterocycles. The zero-order chi connectivity index (χ0) is 35.1. The smallest absolute Gasteiger partial charge is 0.255 e. The van der Waals surface area contributed by atoms with E-state index in [4.69, 9.17) is 4.74 Å². The number of hydrogen-bond donors (Lipinski definition) is 6. The molecule has 48 heavy (non-hydrogen) atoms. The van der Waals surface area contributed by atoms with E-state index in [9.17, 15) is 29.1 Å². The Labute approximate surface area is 283 Å². The van der Waals surface area contributed by atoms with Gasteiger partial charge in [-0.25, -0.2) is 0 Å². The number of aliphatic hydroxyl groups is 1. The first-order valence-electron chi connectivity index (χ1n) is 16.8. The average molecular weight is 666 g/mol. The topological polar surface area (TPSA) is 175 Å². The number of amides is 5. The van der Waals surface area contributed by atoms with Gasteiger partial charge in [0.05, 0.1) is 18.2 Å². The summed E-state index contributed by atoms with van der Waals surface area (Å²) in [6.45, 7) is 7.49. The van der Waals surface area contributed by atoms with Crippen molar-refractivity contribution in [2.75, 3.05) is 19.8 Å². The maximum absolute atomic E-state index is 13.9. The van der Waals surface area contributed by atoms with Crippen LogP contribution in [0.1, 0.15) is 75.7 Å². The summed E-state index contributed by atoms with van der Waals surface area (Å²) in [7, 11) is 0. The third-order valence-electron chi connectivity index (χ3n) is 7.86. The van der Waals surface area contributed by atoms with Gasteiger partial charge in [0.15, 0.2) is 0 Å². The molecule has 0 unspecified atom stereocenters. The Morgan fingerprint density at radius 3 is 2.15 bits per heavy atom. The van der Waals surface area contributed by atoms with Crippen LogP contribution in [0.3, 0.4) is 0 Å². The van der Waals surface area contributed by atoms with Crippen LogP contribution in [0.25, 0.3) is 0 Å². The van der Waals surface area contributed by atoms with Crippen molar-refractivity contribution in [1.29, 1.82) is 0 Å². The van der Waals surface area contributed by atoms with Gasteiger partial charge in [-0.15, -0.1) is 0 Å². The van der Waals surface area contributed by atoms with E-state index < -0.39 is 54.4 Å². The van der Waals surface area contributed by atoms with E-state index in [-0.39, 0.29) is 48.5 Å². The quantitative estimate of drug-likeness (QED) is 0.189. The first-order chi connectivity index (χ1) is 23.0. The summed E-state index contributed by atoms with van der Waals surface area (Å²) in [5.74, 6) is -1.90. The van der Waals surface area contributed by atoms with E-state index >= 15 is 0 Å². The molecule has 5 amide bonds. The van der Waals surface area contributed by atoms with Crippen LogP contribution in [0.15, 0.2) is 54.6 Å². The first-order valence-corrected chi connectivity index (χ1v) is 16.8. The molecule has 262 valence electrons. The third-order valence-corrected chi connectivity index (χ3v) is 7.86. The van der Waals surface area contributed by atoms with Gasteiger partial charge < -0.3 is 36.4 Å². The number of carbonyl (C=O) groups is 5. The second-order valence-corrected chi connectivity index (χ2v) is 13.1. The van der Waals surface area contributed by atoms with Crippen LogP contribution in [0.5, 0.6) is 5.75 Å². The molecule has 1 heterocycles. The van der Waals surface area contributed by atoms with Gasteiger partial charge in [0.25, 0.3) is 5.91 Å². The Morgan fingerprint density at radius 2 is 1.46 bits per heavy atom. The molecule has 12 nitrogen and oxygen atoms in total. The van der Waals surface area contributed by atoms with E-state index in [0.717, 1.165) is 5.56 Å². The number of carbonyl (C=O) groups excluding carboxylic acids is 5. The summed E-state index contributed by atoms with van der Waals surface area (Å²) in [6, 6.07) is 12.3. The van der Waals surface area contributed by atoms with E-state index in [2.05, 4.69) is 26.6 Å². The van der Waals surface area contributed by atoms with Crippen LogP contribution >= 0.6 is 0 Å². The summed E-state index contributed by atoms with van der Waals surface area (Å²) >= 11 is 0. The number of rotatable bonds is 12. The van der Waals surface area contributed by atoms with Gasteiger partial charge in [-0.1, -0.05) is 70.2 Å². The number of benzene rings is 2. The number of aliphatic hydroxyl groups excluding tert-OH is 1. The van der Waals surface area contributed by atoms with Crippen molar-refractivity contribution < 1.29 is 33.8 Å². The van der Waals surface area contributed by atoms with Crippen LogP contribution in [-0.4, -0.2) is 78.6 Å². The Bertz CT molecular complexity index is 1370.